The molecule has 2 amide bonds. The Bertz CT molecular complexity index is 1090. The number of hydrogen-bond acceptors (Lipinski definition) is 7. The summed E-state index contributed by atoms with van der Waals surface area (Å²) in [4.78, 5) is 47.4. The molecular weight excluding hydrogens is 510 g/mol. The number of amides is 2. The molecule has 3 aliphatic heterocycles. The molecule has 9 heteroatoms. The molecule has 2 unspecified atom stereocenters. The van der Waals surface area contributed by atoms with Gasteiger partial charge in [-0.05, 0) is 84.1 Å². The Labute approximate surface area is 238 Å². The van der Waals surface area contributed by atoms with Crippen LogP contribution in [0, 0.1) is 11.8 Å². The molecular formula is C31H45N3O6. The molecule has 1 aromatic carbocycles. The minimum Gasteiger partial charge on any atom is -0.466 e. The first-order valence-electron chi connectivity index (χ1n) is 14.8. The number of fused-ring (bicyclic) bond motifs is 1. The van der Waals surface area contributed by atoms with Crippen molar-refractivity contribution in [3.8, 4) is 0 Å². The smallest absolute Gasteiger partial charge is 0.312 e. The largest absolute Gasteiger partial charge is 0.466 e. The second-order valence-electron chi connectivity index (χ2n) is 11.2. The molecule has 0 radical (unpaired) electrons. The number of aliphatic hydroxyl groups excluding tert-OH is 1. The highest BCUT2D eigenvalue weighted by Gasteiger charge is 2.78. The van der Waals surface area contributed by atoms with Gasteiger partial charge in [0.2, 0.25) is 5.91 Å². The van der Waals surface area contributed by atoms with Gasteiger partial charge in [0.05, 0.1) is 18.1 Å². The van der Waals surface area contributed by atoms with E-state index in [9.17, 15) is 19.5 Å². The summed E-state index contributed by atoms with van der Waals surface area (Å²) in [5.41, 5.74) is -0.169. The fourth-order valence-electron chi connectivity index (χ4n) is 7.14. The molecule has 5 atom stereocenters. The van der Waals surface area contributed by atoms with Gasteiger partial charge in [0.15, 0.2) is 0 Å². The summed E-state index contributed by atoms with van der Waals surface area (Å²) < 4.78 is 12.1. The van der Waals surface area contributed by atoms with E-state index < -0.39 is 35.0 Å². The van der Waals surface area contributed by atoms with E-state index in [1.54, 1.807) is 22.8 Å². The maximum Gasteiger partial charge on any atom is 0.312 e. The lowest BCUT2D eigenvalue weighted by atomic mass is 9.66. The van der Waals surface area contributed by atoms with Gasteiger partial charge in [-0.1, -0.05) is 6.08 Å². The topological polar surface area (TPSA) is 99.6 Å². The van der Waals surface area contributed by atoms with Gasteiger partial charge in [0.25, 0.3) is 5.91 Å². The number of benzene rings is 1. The molecule has 1 spiro atoms. The first-order valence-corrected chi connectivity index (χ1v) is 14.8. The average molecular weight is 556 g/mol. The van der Waals surface area contributed by atoms with Gasteiger partial charge < -0.3 is 29.3 Å². The third-order valence-corrected chi connectivity index (χ3v) is 8.98. The second kappa shape index (κ2) is 12.3. The molecule has 40 heavy (non-hydrogen) atoms. The summed E-state index contributed by atoms with van der Waals surface area (Å²) in [7, 11) is 0. The summed E-state index contributed by atoms with van der Waals surface area (Å²) in [5, 5.41) is 9.26. The van der Waals surface area contributed by atoms with Crippen molar-refractivity contribution in [2.75, 3.05) is 49.2 Å². The highest BCUT2D eigenvalue weighted by atomic mass is 16.6. The Morgan fingerprint density at radius 3 is 2.40 bits per heavy atom. The van der Waals surface area contributed by atoms with Crippen LogP contribution in [0.3, 0.4) is 0 Å². The Balaban J connectivity index is 1.73. The van der Waals surface area contributed by atoms with Gasteiger partial charge in [-0.2, -0.15) is 0 Å². The zero-order valence-electron chi connectivity index (χ0n) is 24.4. The molecule has 1 N–H and O–H groups in total. The molecule has 2 bridgehead atoms. The van der Waals surface area contributed by atoms with Crippen LogP contribution in [0.1, 0.15) is 59.8 Å². The van der Waals surface area contributed by atoms with E-state index >= 15 is 0 Å². The summed E-state index contributed by atoms with van der Waals surface area (Å²) in [5.74, 6) is -2.42. The zero-order chi connectivity index (χ0) is 29.1. The lowest BCUT2D eigenvalue weighted by Gasteiger charge is -2.37. The number of anilines is 2. The molecule has 0 aromatic heterocycles. The van der Waals surface area contributed by atoms with Gasteiger partial charge in [0.1, 0.15) is 17.6 Å². The zero-order valence-corrected chi connectivity index (χ0v) is 24.4. The number of aliphatic hydroxyl groups is 1. The van der Waals surface area contributed by atoms with Crippen molar-refractivity contribution in [2.45, 2.75) is 77.0 Å². The Morgan fingerprint density at radius 2 is 1.80 bits per heavy atom. The number of nitrogens with zero attached hydrogens (tertiary/aromatic N) is 3. The molecule has 1 aromatic rings. The van der Waals surface area contributed by atoms with Crippen LogP contribution in [0.15, 0.2) is 36.9 Å². The van der Waals surface area contributed by atoms with E-state index in [2.05, 4.69) is 25.3 Å². The van der Waals surface area contributed by atoms with Crippen LogP contribution in [0.2, 0.25) is 0 Å². The Morgan fingerprint density at radius 1 is 1.12 bits per heavy atom. The standard InChI is InChI=1S/C31H45N3O6/c1-6-19-33(23-15-13-22(14-16-23)32(7-2)8-3)28(37)26-31-18-17-30(5,40-31)25(29(38)39-9-4)24(31)27(36)34(26)20-11-10-12-21-35/h6,13-16,24-26,35H,1,7-12,17-21H2,2-5H3/t24-,25+,26?,30-,31?/m0/s1. The number of carbonyl (C=O) groups excluding carboxylic acids is 3. The Hall–Kier alpha value is -2.91. The summed E-state index contributed by atoms with van der Waals surface area (Å²) >= 11 is 0. The third kappa shape index (κ3) is 5.02. The van der Waals surface area contributed by atoms with E-state index in [0.29, 0.717) is 37.9 Å². The van der Waals surface area contributed by atoms with E-state index in [-0.39, 0.29) is 31.6 Å². The van der Waals surface area contributed by atoms with Crippen molar-refractivity contribution < 1.29 is 29.0 Å². The fourth-order valence-corrected chi connectivity index (χ4v) is 7.14. The van der Waals surface area contributed by atoms with Crippen molar-refractivity contribution in [3.63, 3.8) is 0 Å². The van der Waals surface area contributed by atoms with Crippen molar-refractivity contribution in [3.05, 3.63) is 36.9 Å². The number of unbranched alkanes of at least 4 members (excludes halogenated alkanes) is 2. The lowest BCUT2D eigenvalue weighted by Crippen LogP contribution is -2.56. The van der Waals surface area contributed by atoms with Crippen LogP contribution in [-0.2, 0) is 23.9 Å². The molecule has 3 aliphatic rings. The first kappa shape index (κ1) is 30.1. The molecule has 3 fully saturated rings. The van der Waals surface area contributed by atoms with E-state index in [1.165, 1.54) is 0 Å². The average Bonchev–Trinajstić information content (AvgIpc) is 3.51. The molecule has 0 saturated carbocycles. The number of likely N-dealkylation sites (tertiary alicyclic amines) is 1. The second-order valence-corrected chi connectivity index (χ2v) is 11.2. The van der Waals surface area contributed by atoms with Gasteiger partial charge >= 0.3 is 5.97 Å². The van der Waals surface area contributed by atoms with Crippen LogP contribution < -0.4 is 9.80 Å². The predicted octanol–water partition coefficient (Wildman–Crippen LogP) is 3.54. The van der Waals surface area contributed by atoms with Gasteiger partial charge in [-0.15, -0.1) is 6.58 Å². The van der Waals surface area contributed by atoms with Crippen LogP contribution in [0.5, 0.6) is 0 Å². The summed E-state index contributed by atoms with van der Waals surface area (Å²) in [6.07, 6.45) is 4.76. The molecule has 9 nitrogen and oxygen atoms in total. The van der Waals surface area contributed by atoms with Gasteiger partial charge in [0, 0.05) is 44.2 Å². The third-order valence-electron chi connectivity index (χ3n) is 8.98. The van der Waals surface area contributed by atoms with Gasteiger partial charge in [-0.3, -0.25) is 14.4 Å². The van der Waals surface area contributed by atoms with Crippen LogP contribution in [-0.4, -0.2) is 84.4 Å². The lowest BCUT2D eigenvalue weighted by molar-refractivity contribution is -0.159. The molecule has 3 saturated heterocycles. The number of hydrogen-bond donors (Lipinski definition) is 1. The summed E-state index contributed by atoms with van der Waals surface area (Å²) in [6.45, 7) is 14.4. The minimum absolute atomic E-state index is 0.0753. The van der Waals surface area contributed by atoms with E-state index in [0.717, 1.165) is 25.2 Å². The number of carbonyl (C=O) groups is 3. The minimum atomic E-state index is -1.10. The summed E-state index contributed by atoms with van der Waals surface area (Å²) in [6, 6.07) is 7.01. The van der Waals surface area contributed by atoms with Crippen LogP contribution >= 0.6 is 0 Å². The first-order chi connectivity index (χ1) is 19.2. The number of ether oxygens (including phenoxy) is 2. The Kier molecular flexibility index (Phi) is 9.25. The monoisotopic (exact) mass is 555 g/mol. The predicted molar refractivity (Wildman–Crippen MR) is 154 cm³/mol. The van der Waals surface area contributed by atoms with Crippen molar-refractivity contribution in [2.24, 2.45) is 11.8 Å². The van der Waals surface area contributed by atoms with Crippen LogP contribution in [0.25, 0.3) is 0 Å². The maximum absolute atomic E-state index is 14.6. The van der Waals surface area contributed by atoms with Gasteiger partial charge in [-0.25, -0.2) is 0 Å². The highest BCUT2D eigenvalue weighted by Crippen LogP contribution is 2.63. The molecule has 220 valence electrons. The number of esters is 1. The maximum atomic E-state index is 14.6. The van der Waals surface area contributed by atoms with E-state index in [4.69, 9.17) is 9.47 Å². The van der Waals surface area contributed by atoms with Crippen molar-refractivity contribution in [1.82, 2.24) is 4.90 Å². The highest BCUT2D eigenvalue weighted by molar-refractivity contribution is 6.05. The normalized spacial score (nSPS) is 28.5. The quantitative estimate of drug-likeness (QED) is 0.213. The molecule has 4 rings (SSSR count). The van der Waals surface area contributed by atoms with Crippen molar-refractivity contribution in [1.29, 1.82) is 0 Å². The number of rotatable bonds is 14. The molecule has 3 heterocycles. The van der Waals surface area contributed by atoms with Crippen molar-refractivity contribution >= 4 is 29.2 Å². The SMILES string of the molecule is C=CCN(C(=O)C1N(CCCCCO)C(=O)[C@@H]2[C@H](C(=O)OCC)[C@]3(C)CCC12O3)c1ccc(N(CC)CC)cc1. The van der Waals surface area contributed by atoms with E-state index in [1.807, 2.05) is 31.2 Å². The fraction of sp³-hybridized carbons (Fsp3) is 0.645. The van der Waals surface area contributed by atoms with Crippen LogP contribution in [0.4, 0.5) is 11.4 Å². The molecule has 0 aliphatic carbocycles.